The van der Waals surface area contributed by atoms with Crippen LogP contribution in [-0.2, 0) is 6.42 Å². The number of hydrogen-bond acceptors (Lipinski definition) is 4. The summed E-state index contributed by atoms with van der Waals surface area (Å²) in [5, 5.41) is 14.3. The van der Waals surface area contributed by atoms with Crippen molar-refractivity contribution in [3.8, 4) is 0 Å². The Morgan fingerprint density at radius 3 is 2.68 bits per heavy atom. The van der Waals surface area contributed by atoms with Gasteiger partial charge in [-0.2, -0.15) is 0 Å². The number of aryl methyl sites for hydroxylation is 1. The summed E-state index contributed by atoms with van der Waals surface area (Å²) in [6.07, 6.45) is 3.36. The molecule has 0 saturated carbocycles. The summed E-state index contributed by atoms with van der Waals surface area (Å²) in [5.41, 5.74) is 1.55. The molecule has 0 saturated heterocycles. The van der Waals surface area contributed by atoms with E-state index in [4.69, 9.17) is 0 Å². The van der Waals surface area contributed by atoms with E-state index in [1.54, 1.807) is 19.2 Å². The third-order valence-corrected chi connectivity index (χ3v) is 3.03. The largest absolute Gasteiger partial charge is 0.314 e. The Hall–Kier alpha value is -1.49. The standard InChI is InChI=1S/C14H23N3O2/c1-5-15-12(6-10(2)3)7-13-8-14(17(18)19)11(4)9-16-13/h8-10,12,15H,5-7H2,1-4H3. The maximum atomic E-state index is 10.9. The third-order valence-electron chi connectivity index (χ3n) is 3.03. The minimum atomic E-state index is -0.342. The minimum Gasteiger partial charge on any atom is -0.314 e. The first kappa shape index (κ1) is 15.6. The van der Waals surface area contributed by atoms with Gasteiger partial charge in [-0.1, -0.05) is 20.8 Å². The molecule has 0 radical (unpaired) electrons. The van der Waals surface area contributed by atoms with Gasteiger partial charge in [0.1, 0.15) is 0 Å². The fraction of sp³-hybridized carbons (Fsp3) is 0.643. The van der Waals surface area contributed by atoms with E-state index >= 15 is 0 Å². The summed E-state index contributed by atoms with van der Waals surface area (Å²) in [7, 11) is 0. The fourth-order valence-electron chi connectivity index (χ4n) is 2.21. The quantitative estimate of drug-likeness (QED) is 0.608. The SMILES string of the molecule is CCNC(Cc1cc([N+](=O)[O-])c(C)cn1)CC(C)C. The molecule has 5 nitrogen and oxygen atoms in total. The average molecular weight is 265 g/mol. The van der Waals surface area contributed by atoms with E-state index < -0.39 is 0 Å². The molecule has 0 spiro atoms. The normalized spacial score (nSPS) is 12.7. The molecule has 0 aliphatic rings. The van der Waals surface area contributed by atoms with Gasteiger partial charge in [-0.3, -0.25) is 15.1 Å². The Morgan fingerprint density at radius 2 is 2.16 bits per heavy atom. The highest BCUT2D eigenvalue weighted by Crippen LogP contribution is 2.19. The summed E-state index contributed by atoms with van der Waals surface area (Å²) < 4.78 is 0. The molecule has 5 heteroatoms. The first-order chi connectivity index (χ1) is 8.93. The number of aromatic nitrogens is 1. The highest BCUT2D eigenvalue weighted by atomic mass is 16.6. The van der Waals surface area contributed by atoms with Gasteiger partial charge in [-0.15, -0.1) is 0 Å². The summed E-state index contributed by atoms with van der Waals surface area (Å²) in [5.74, 6) is 0.587. The highest BCUT2D eigenvalue weighted by molar-refractivity contribution is 5.38. The first-order valence-corrected chi connectivity index (χ1v) is 6.77. The molecule has 0 aliphatic carbocycles. The number of hydrogen-bond donors (Lipinski definition) is 1. The van der Waals surface area contributed by atoms with Crippen LogP contribution in [-0.4, -0.2) is 22.5 Å². The molecule has 19 heavy (non-hydrogen) atoms. The van der Waals surface area contributed by atoms with Crippen LogP contribution < -0.4 is 5.32 Å². The number of likely N-dealkylation sites (N-methyl/N-ethyl adjacent to an activating group) is 1. The van der Waals surface area contributed by atoms with E-state index in [-0.39, 0.29) is 10.6 Å². The van der Waals surface area contributed by atoms with Crippen molar-refractivity contribution < 1.29 is 4.92 Å². The van der Waals surface area contributed by atoms with Gasteiger partial charge in [0.2, 0.25) is 0 Å². The third kappa shape index (κ3) is 4.95. The highest BCUT2D eigenvalue weighted by Gasteiger charge is 2.16. The second kappa shape index (κ2) is 7.19. The van der Waals surface area contributed by atoms with Crippen molar-refractivity contribution >= 4 is 5.69 Å². The Balaban J connectivity index is 2.84. The number of pyridine rings is 1. The zero-order valence-electron chi connectivity index (χ0n) is 12.1. The minimum absolute atomic E-state index is 0.157. The molecular weight excluding hydrogens is 242 g/mol. The zero-order chi connectivity index (χ0) is 14.4. The van der Waals surface area contributed by atoms with Crippen LogP contribution in [0.4, 0.5) is 5.69 Å². The number of nitrogens with zero attached hydrogens (tertiary/aromatic N) is 2. The Bertz CT molecular complexity index is 433. The van der Waals surface area contributed by atoms with Gasteiger partial charge in [-0.25, -0.2) is 0 Å². The van der Waals surface area contributed by atoms with Crippen LogP contribution in [0.15, 0.2) is 12.3 Å². The van der Waals surface area contributed by atoms with Crippen molar-refractivity contribution in [3.05, 3.63) is 33.6 Å². The molecule has 1 unspecified atom stereocenters. The van der Waals surface area contributed by atoms with Gasteiger partial charge < -0.3 is 5.32 Å². The molecule has 1 N–H and O–H groups in total. The van der Waals surface area contributed by atoms with Gasteiger partial charge >= 0.3 is 0 Å². The van der Waals surface area contributed by atoms with Crippen LogP contribution >= 0.6 is 0 Å². The predicted octanol–water partition coefficient (Wildman–Crippen LogP) is 2.86. The molecule has 0 bridgehead atoms. The Morgan fingerprint density at radius 1 is 1.47 bits per heavy atom. The molecule has 0 fully saturated rings. The second-order valence-electron chi connectivity index (χ2n) is 5.31. The molecule has 1 aromatic rings. The summed E-state index contributed by atoms with van der Waals surface area (Å²) >= 11 is 0. The fourth-order valence-corrected chi connectivity index (χ4v) is 2.21. The van der Waals surface area contributed by atoms with Crippen LogP contribution in [0.25, 0.3) is 0 Å². The van der Waals surface area contributed by atoms with Gasteiger partial charge in [-0.05, 0) is 25.8 Å². The Labute approximate surface area is 114 Å². The van der Waals surface area contributed by atoms with Gasteiger partial charge in [0.25, 0.3) is 5.69 Å². The van der Waals surface area contributed by atoms with Crippen molar-refractivity contribution in [2.24, 2.45) is 5.92 Å². The van der Waals surface area contributed by atoms with Crippen LogP contribution in [0, 0.1) is 23.0 Å². The van der Waals surface area contributed by atoms with Crippen LogP contribution in [0.3, 0.4) is 0 Å². The molecule has 1 aromatic heterocycles. The van der Waals surface area contributed by atoms with E-state index in [0.717, 1.165) is 25.1 Å². The lowest BCUT2D eigenvalue weighted by atomic mass is 9.99. The van der Waals surface area contributed by atoms with E-state index in [0.29, 0.717) is 17.5 Å². The molecule has 1 atom stereocenters. The monoisotopic (exact) mass is 265 g/mol. The van der Waals surface area contributed by atoms with Crippen molar-refractivity contribution in [1.82, 2.24) is 10.3 Å². The van der Waals surface area contributed by atoms with Gasteiger partial charge in [0.15, 0.2) is 0 Å². The molecular formula is C14H23N3O2. The van der Waals surface area contributed by atoms with Crippen molar-refractivity contribution in [2.75, 3.05) is 6.54 Å². The zero-order valence-corrected chi connectivity index (χ0v) is 12.1. The van der Waals surface area contributed by atoms with Gasteiger partial charge in [0.05, 0.1) is 4.92 Å². The van der Waals surface area contributed by atoms with Crippen molar-refractivity contribution in [2.45, 2.75) is 46.6 Å². The van der Waals surface area contributed by atoms with E-state index in [1.807, 2.05) is 0 Å². The molecule has 0 aliphatic heterocycles. The lowest BCUT2D eigenvalue weighted by molar-refractivity contribution is -0.385. The van der Waals surface area contributed by atoms with E-state index in [2.05, 4.69) is 31.1 Å². The van der Waals surface area contributed by atoms with Crippen LogP contribution in [0.2, 0.25) is 0 Å². The van der Waals surface area contributed by atoms with Crippen molar-refractivity contribution in [1.29, 1.82) is 0 Å². The molecule has 1 rings (SSSR count). The lowest BCUT2D eigenvalue weighted by Crippen LogP contribution is -2.32. The topological polar surface area (TPSA) is 68.1 Å². The molecule has 106 valence electrons. The van der Waals surface area contributed by atoms with E-state index in [1.165, 1.54) is 0 Å². The van der Waals surface area contributed by atoms with Crippen LogP contribution in [0.1, 0.15) is 38.4 Å². The number of nitro groups is 1. The number of nitrogens with one attached hydrogen (secondary N) is 1. The smallest absolute Gasteiger partial charge is 0.275 e. The first-order valence-electron chi connectivity index (χ1n) is 6.77. The molecule has 0 amide bonds. The van der Waals surface area contributed by atoms with E-state index in [9.17, 15) is 10.1 Å². The number of rotatable bonds is 7. The van der Waals surface area contributed by atoms with Crippen LogP contribution in [0.5, 0.6) is 0 Å². The van der Waals surface area contributed by atoms with Gasteiger partial charge in [0, 0.05) is 36.0 Å². The maximum absolute atomic E-state index is 10.9. The predicted molar refractivity (Wildman–Crippen MR) is 76.3 cm³/mol. The summed E-state index contributed by atoms with van der Waals surface area (Å²) in [6.45, 7) is 9.03. The lowest BCUT2D eigenvalue weighted by Gasteiger charge is -2.19. The Kier molecular flexibility index (Phi) is 5.89. The molecule has 0 aromatic carbocycles. The second-order valence-corrected chi connectivity index (χ2v) is 5.31. The summed E-state index contributed by atoms with van der Waals surface area (Å²) in [6, 6.07) is 1.92. The van der Waals surface area contributed by atoms with Crippen molar-refractivity contribution in [3.63, 3.8) is 0 Å². The maximum Gasteiger partial charge on any atom is 0.275 e. The summed E-state index contributed by atoms with van der Waals surface area (Å²) in [4.78, 5) is 14.9. The average Bonchev–Trinajstić information content (AvgIpc) is 2.30. The molecule has 1 heterocycles.